The zero-order chi connectivity index (χ0) is 20.1. The van der Waals surface area contributed by atoms with Gasteiger partial charge in [-0.15, -0.1) is 0 Å². The molecule has 1 aliphatic carbocycles. The minimum atomic E-state index is -0.270. The third-order valence-electron chi connectivity index (χ3n) is 5.49. The summed E-state index contributed by atoms with van der Waals surface area (Å²) in [5, 5.41) is 6.38. The SMILES string of the molecule is COc1cc(OC)c(NC(=O)C2CCCN(C(=O)NC3CCCC3)C2)cc1Cl. The molecule has 7 nitrogen and oxygen atoms in total. The van der Waals surface area contributed by atoms with E-state index in [-0.39, 0.29) is 23.9 Å². The molecule has 2 N–H and O–H groups in total. The molecule has 1 saturated heterocycles. The highest BCUT2D eigenvalue weighted by Crippen LogP contribution is 2.36. The fourth-order valence-electron chi connectivity index (χ4n) is 3.90. The average Bonchev–Trinajstić information content (AvgIpc) is 3.21. The number of ether oxygens (including phenoxy) is 2. The Hall–Kier alpha value is -2.15. The van der Waals surface area contributed by atoms with Gasteiger partial charge in [0.25, 0.3) is 0 Å². The van der Waals surface area contributed by atoms with Crippen LogP contribution in [0.1, 0.15) is 38.5 Å². The maximum atomic E-state index is 12.8. The van der Waals surface area contributed by atoms with Crippen LogP contribution in [0.2, 0.25) is 5.02 Å². The normalized spacial score (nSPS) is 20.0. The summed E-state index contributed by atoms with van der Waals surface area (Å²) in [7, 11) is 3.04. The van der Waals surface area contributed by atoms with Crippen molar-refractivity contribution in [3.63, 3.8) is 0 Å². The molecule has 1 heterocycles. The zero-order valence-electron chi connectivity index (χ0n) is 16.4. The number of anilines is 1. The maximum Gasteiger partial charge on any atom is 0.317 e. The number of hydrogen-bond acceptors (Lipinski definition) is 4. The van der Waals surface area contributed by atoms with Crippen molar-refractivity contribution >= 4 is 29.2 Å². The van der Waals surface area contributed by atoms with Gasteiger partial charge in [0.05, 0.1) is 30.8 Å². The molecule has 2 aliphatic rings. The first-order chi connectivity index (χ1) is 13.5. The Labute approximate surface area is 170 Å². The highest BCUT2D eigenvalue weighted by molar-refractivity contribution is 6.32. The summed E-state index contributed by atoms with van der Waals surface area (Å²) < 4.78 is 10.5. The van der Waals surface area contributed by atoms with Crippen LogP contribution >= 0.6 is 11.6 Å². The first-order valence-corrected chi connectivity index (χ1v) is 10.2. The quantitative estimate of drug-likeness (QED) is 0.777. The van der Waals surface area contributed by atoms with Gasteiger partial charge in [0.2, 0.25) is 5.91 Å². The van der Waals surface area contributed by atoms with Crippen LogP contribution in [0.4, 0.5) is 10.5 Å². The second kappa shape index (κ2) is 9.37. The maximum absolute atomic E-state index is 12.8. The molecular formula is C20H28ClN3O4. The number of halogens is 1. The number of methoxy groups -OCH3 is 2. The van der Waals surface area contributed by atoms with Crippen molar-refractivity contribution in [1.29, 1.82) is 0 Å². The number of amides is 3. The molecule has 2 fully saturated rings. The van der Waals surface area contributed by atoms with Gasteiger partial charge in [-0.3, -0.25) is 4.79 Å². The fraction of sp³-hybridized carbons (Fsp3) is 0.600. The van der Waals surface area contributed by atoms with Gasteiger partial charge >= 0.3 is 6.03 Å². The van der Waals surface area contributed by atoms with Gasteiger partial charge in [-0.2, -0.15) is 0 Å². The number of nitrogens with zero attached hydrogens (tertiary/aromatic N) is 1. The van der Waals surface area contributed by atoms with Crippen molar-refractivity contribution < 1.29 is 19.1 Å². The standard InChI is InChI=1S/C20H28ClN3O4/c1-27-17-11-18(28-2)16(10-15(17)21)23-19(25)13-6-5-9-24(12-13)20(26)22-14-7-3-4-8-14/h10-11,13-14H,3-9,12H2,1-2H3,(H,22,26)(H,23,25). The molecule has 0 bridgehead atoms. The molecule has 1 aromatic rings. The summed E-state index contributed by atoms with van der Waals surface area (Å²) in [5.74, 6) is 0.539. The zero-order valence-corrected chi connectivity index (χ0v) is 17.2. The predicted octanol–water partition coefficient (Wildman–Crippen LogP) is 3.66. The van der Waals surface area contributed by atoms with E-state index < -0.39 is 0 Å². The summed E-state index contributed by atoms with van der Waals surface area (Å²) in [6, 6.07) is 3.46. The number of rotatable bonds is 5. The summed E-state index contributed by atoms with van der Waals surface area (Å²) in [5.41, 5.74) is 0.492. The lowest BCUT2D eigenvalue weighted by Gasteiger charge is -2.33. The van der Waals surface area contributed by atoms with E-state index >= 15 is 0 Å². The molecule has 3 amide bonds. The van der Waals surface area contributed by atoms with Crippen LogP contribution < -0.4 is 20.1 Å². The van der Waals surface area contributed by atoms with Crippen LogP contribution in [0, 0.1) is 5.92 Å². The molecular weight excluding hydrogens is 382 g/mol. The summed E-state index contributed by atoms with van der Waals surface area (Å²) in [6.45, 7) is 1.09. The monoisotopic (exact) mass is 409 g/mol. The smallest absolute Gasteiger partial charge is 0.317 e. The van der Waals surface area contributed by atoms with Gasteiger partial charge in [-0.1, -0.05) is 24.4 Å². The van der Waals surface area contributed by atoms with Gasteiger partial charge < -0.3 is 25.0 Å². The van der Waals surface area contributed by atoms with Crippen molar-refractivity contribution in [2.75, 3.05) is 32.6 Å². The number of carbonyl (C=O) groups excluding carboxylic acids is 2. The summed E-state index contributed by atoms with van der Waals surface area (Å²) in [6.07, 6.45) is 5.97. The first kappa shape index (κ1) is 20.6. The van der Waals surface area contributed by atoms with Crippen molar-refractivity contribution in [3.8, 4) is 11.5 Å². The number of carbonyl (C=O) groups is 2. The Balaban J connectivity index is 1.62. The second-order valence-electron chi connectivity index (χ2n) is 7.39. The lowest BCUT2D eigenvalue weighted by Crippen LogP contribution is -2.49. The van der Waals surface area contributed by atoms with E-state index in [1.807, 2.05) is 0 Å². The van der Waals surface area contributed by atoms with Gasteiger partial charge in [0.1, 0.15) is 11.5 Å². The van der Waals surface area contributed by atoms with Crippen LogP contribution in [0.25, 0.3) is 0 Å². The van der Waals surface area contributed by atoms with E-state index in [1.54, 1.807) is 17.0 Å². The Morgan fingerprint density at radius 3 is 2.46 bits per heavy atom. The molecule has 3 rings (SSSR count). The molecule has 0 spiro atoms. The Kier molecular flexibility index (Phi) is 6.88. The molecule has 1 aliphatic heterocycles. The third kappa shape index (κ3) is 4.82. The van der Waals surface area contributed by atoms with Crippen LogP contribution in [0.15, 0.2) is 12.1 Å². The minimum absolute atomic E-state index is 0.0607. The summed E-state index contributed by atoms with van der Waals surface area (Å²) in [4.78, 5) is 27.1. The van der Waals surface area contributed by atoms with Crippen LogP contribution in [-0.4, -0.2) is 50.2 Å². The molecule has 8 heteroatoms. The van der Waals surface area contributed by atoms with Gasteiger partial charge in [0, 0.05) is 25.2 Å². The van der Waals surface area contributed by atoms with Crippen LogP contribution in [0.5, 0.6) is 11.5 Å². The number of hydrogen-bond donors (Lipinski definition) is 2. The highest BCUT2D eigenvalue weighted by atomic mass is 35.5. The van der Waals surface area contributed by atoms with E-state index in [2.05, 4.69) is 10.6 Å². The Morgan fingerprint density at radius 1 is 1.07 bits per heavy atom. The topological polar surface area (TPSA) is 79.9 Å². The molecule has 1 atom stereocenters. The second-order valence-corrected chi connectivity index (χ2v) is 7.80. The lowest BCUT2D eigenvalue weighted by molar-refractivity contribution is -0.121. The van der Waals surface area contributed by atoms with E-state index in [0.717, 1.165) is 25.7 Å². The van der Waals surface area contributed by atoms with Gasteiger partial charge in [-0.05, 0) is 31.7 Å². The minimum Gasteiger partial charge on any atom is -0.495 e. The Bertz CT molecular complexity index is 722. The van der Waals surface area contributed by atoms with Crippen LogP contribution in [0.3, 0.4) is 0 Å². The lowest BCUT2D eigenvalue weighted by atomic mass is 9.97. The fourth-order valence-corrected chi connectivity index (χ4v) is 4.15. The molecule has 1 aromatic carbocycles. The van der Waals surface area contributed by atoms with Crippen molar-refractivity contribution in [2.24, 2.45) is 5.92 Å². The van der Waals surface area contributed by atoms with Crippen LogP contribution in [-0.2, 0) is 4.79 Å². The van der Waals surface area contributed by atoms with E-state index in [9.17, 15) is 9.59 Å². The highest BCUT2D eigenvalue weighted by Gasteiger charge is 2.30. The number of benzene rings is 1. The number of piperidine rings is 1. The Morgan fingerprint density at radius 2 is 1.79 bits per heavy atom. The van der Waals surface area contributed by atoms with Crippen molar-refractivity contribution in [3.05, 3.63) is 17.2 Å². The van der Waals surface area contributed by atoms with E-state index in [1.165, 1.54) is 27.1 Å². The molecule has 0 radical (unpaired) electrons. The van der Waals surface area contributed by atoms with Gasteiger partial charge in [0.15, 0.2) is 0 Å². The first-order valence-electron chi connectivity index (χ1n) is 9.79. The largest absolute Gasteiger partial charge is 0.495 e. The molecule has 154 valence electrons. The number of urea groups is 1. The van der Waals surface area contributed by atoms with E-state index in [0.29, 0.717) is 35.3 Å². The van der Waals surface area contributed by atoms with Crippen molar-refractivity contribution in [1.82, 2.24) is 10.2 Å². The molecule has 1 unspecified atom stereocenters. The van der Waals surface area contributed by atoms with Crippen molar-refractivity contribution in [2.45, 2.75) is 44.6 Å². The summed E-state index contributed by atoms with van der Waals surface area (Å²) >= 11 is 6.18. The molecule has 1 saturated carbocycles. The average molecular weight is 410 g/mol. The number of nitrogens with one attached hydrogen (secondary N) is 2. The third-order valence-corrected chi connectivity index (χ3v) is 5.79. The van der Waals surface area contributed by atoms with E-state index in [4.69, 9.17) is 21.1 Å². The molecule has 0 aromatic heterocycles. The molecule has 28 heavy (non-hydrogen) atoms. The predicted molar refractivity (Wildman–Crippen MR) is 108 cm³/mol. The van der Waals surface area contributed by atoms with Gasteiger partial charge in [-0.25, -0.2) is 4.79 Å². The number of likely N-dealkylation sites (tertiary alicyclic amines) is 1.